The van der Waals surface area contributed by atoms with Gasteiger partial charge in [-0.25, -0.2) is 0 Å². The average Bonchev–Trinajstić information content (AvgIpc) is 3.05. The van der Waals surface area contributed by atoms with E-state index in [0.29, 0.717) is 5.92 Å². The molecule has 42 heavy (non-hydrogen) atoms. The van der Waals surface area contributed by atoms with Gasteiger partial charge in [-0.2, -0.15) is 0 Å². The molecule has 2 aliphatic heterocycles. The molecule has 0 N–H and O–H groups in total. The molecule has 0 aromatic heterocycles. The fraction of sp³-hybridized carbons (Fsp3) is 0.211. The van der Waals surface area contributed by atoms with Gasteiger partial charge < -0.3 is 14.7 Å². The number of hydrogen-bond donors (Lipinski definition) is 0. The molecule has 0 unspecified atom stereocenters. The van der Waals surface area contributed by atoms with Crippen LogP contribution in [0, 0.1) is 0 Å². The van der Waals surface area contributed by atoms with Crippen molar-refractivity contribution in [2.75, 3.05) is 28.8 Å². The molecule has 206 valence electrons. The maximum Gasteiger partial charge on any atom is 0.252 e. The average molecular weight is 546 g/mol. The lowest BCUT2D eigenvalue weighted by Crippen LogP contribution is -2.61. The minimum absolute atomic E-state index is 0.154. The molecule has 5 aromatic rings. The van der Waals surface area contributed by atoms with Crippen LogP contribution < -0.4 is 31.1 Å². The second-order valence-electron chi connectivity index (χ2n) is 12.3. The summed E-state index contributed by atoms with van der Waals surface area (Å²) in [7, 11) is 4.28. The lowest BCUT2D eigenvalue weighted by atomic mass is 9.33. The van der Waals surface area contributed by atoms with Crippen LogP contribution >= 0.6 is 0 Å². The van der Waals surface area contributed by atoms with Gasteiger partial charge in [0.05, 0.1) is 0 Å². The molecule has 2 heterocycles. The number of nitrogens with zero attached hydrogens (tertiary/aromatic N) is 3. The molecular weight excluding hydrogens is 509 g/mol. The Labute approximate surface area is 250 Å². The highest BCUT2D eigenvalue weighted by atomic mass is 15.2. The predicted molar refractivity (Wildman–Crippen MR) is 181 cm³/mol. The van der Waals surface area contributed by atoms with Crippen molar-refractivity contribution in [3.8, 4) is 0 Å². The van der Waals surface area contributed by atoms with E-state index in [-0.39, 0.29) is 6.71 Å². The van der Waals surface area contributed by atoms with Gasteiger partial charge in [0.15, 0.2) is 0 Å². The van der Waals surface area contributed by atoms with Crippen LogP contribution in [0.1, 0.15) is 43.6 Å². The van der Waals surface area contributed by atoms with Crippen molar-refractivity contribution in [3.63, 3.8) is 0 Å². The highest BCUT2D eigenvalue weighted by Gasteiger charge is 2.43. The van der Waals surface area contributed by atoms with Gasteiger partial charge in [0.2, 0.25) is 0 Å². The summed E-state index contributed by atoms with van der Waals surface area (Å²) < 4.78 is 0. The van der Waals surface area contributed by atoms with Crippen LogP contribution in [0.2, 0.25) is 0 Å². The normalized spacial score (nSPS) is 15.6. The van der Waals surface area contributed by atoms with Crippen LogP contribution in [0.3, 0.4) is 0 Å². The highest BCUT2D eigenvalue weighted by molar-refractivity contribution is 7.00. The van der Waals surface area contributed by atoms with Gasteiger partial charge in [0.25, 0.3) is 6.71 Å². The number of rotatable bonds is 4. The largest absolute Gasteiger partial charge is 0.378 e. The first-order chi connectivity index (χ1) is 20.7. The maximum absolute atomic E-state index is 2.55. The second-order valence-corrected chi connectivity index (χ2v) is 12.3. The molecule has 1 aliphatic carbocycles. The quantitative estimate of drug-likeness (QED) is 0.208. The highest BCUT2D eigenvalue weighted by Crippen LogP contribution is 2.46. The maximum atomic E-state index is 2.55. The molecular formula is C38H36BN3. The van der Waals surface area contributed by atoms with Crippen LogP contribution in [0.4, 0.5) is 39.8 Å². The molecule has 0 bridgehead atoms. The Balaban J connectivity index is 1.48. The van der Waals surface area contributed by atoms with Gasteiger partial charge in [0, 0.05) is 53.9 Å². The van der Waals surface area contributed by atoms with Crippen LogP contribution in [0.15, 0.2) is 115 Å². The molecule has 0 amide bonds. The van der Waals surface area contributed by atoms with Crippen molar-refractivity contribution in [1.29, 1.82) is 0 Å². The first-order valence-corrected chi connectivity index (χ1v) is 15.5. The fourth-order valence-electron chi connectivity index (χ4n) is 7.62. The first kappa shape index (κ1) is 25.3. The Morgan fingerprint density at radius 2 is 1.14 bits per heavy atom. The van der Waals surface area contributed by atoms with E-state index in [0.717, 1.165) is 0 Å². The lowest BCUT2D eigenvalue weighted by Gasteiger charge is -2.45. The lowest BCUT2D eigenvalue weighted by molar-refractivity contribution is 0.444. The Kier molecular flexibility index (Phi) is 6.10. The Hall–Kier alpha value is -4.44. The van der Waals surface area contributed by atoms with Gasteiger partial charge in [-0.15, -0.1) is 0 Å². The molecule has 0 saturated heterocycles. The fourth-order valence-corrected chi connectivity index (χ4v) is 7.62. The van der Waals surface area contributed by atoms with Crippen LogP contribution in [-0.2, 0) is 0 Å². The van der Waals surface area contributed by atoms with E-state index < -0.39 is 0 Å². The number of benzene rings is 5. The number of hydrogen-bond acceptors (Lipinski definition) is 3. The molecule has 3 nitrogen and oxygen atoms in total. The van der Waals surface area contributed by atoms with Crippen LogP contribution in [-0.4, -0.2) is 20.8 Å². The zero-order valence-corrected chi connectivity index (χ0v) is 24.5. The van der Waals surface area contributed by atoms with Crippen molar-refractivity contribution < 1.29 is 0 Å². The zero-order valence-electron chi connectivity index (χ0n) is 24.5. The summed E-state index contributed by atoms with van der Waals surface area (Å²) in [5, 5.41) is 0. The second kappa shape index (κ2) is 10.1. The van der Waals surface area contributed by atoms with Crippen LogP contribution in [0.25, 0.3) is 0 Å². The minimum Gasteiger partial charge on any atom is -0.378 e. The molecule has 0 spiro atoms. The molecule has 1 saturated carbocycles. The smallest absolute Gasteiger partial charge is 0.252 e. The molecule has 8 rings (SSSR count). The zero-order chi connectivity index (χ0) is 28.2. The third-order valence-corrected chi connectivity index (χ3v) is 9.60. The van der Waals surface area contributed by atoms with Crippen molar-refractivity contribution in [2.45, 2.75) is 38.0 Å². The number of para-hydroxylation sites is 3. The first-order valence-electron chi connectivity index (χ1n) is 15.5. The summed E-state index contributed by atoms with van der Waals surface area (Å²) in [5.74, 6) is 0.601. The molecule has 0 atom stereocenters. The van der Waals surface area contributed by atoms with E-state index in [1.807, 2.05) is 0 Å². The van der Waals surface area contributed by atoms with E-state index in [9.17, 15) is 0 Å². The number of fused-ring (bicyclic) bond motifs is 4. The SMILES string of the molecule is CN(C)c1ccc2c(c1)B1c3ccccc3N(c3ccccc3)c3cc(C4CCCCC4)cc(c31)N2c1ccccc1. The van der Waals surface area contributed by atoms with E-state index in [4.69, 9.17) is 0 Å². The molecule has 1 fully saturated rings. The third kappa shape index (κ3) is 3.96. The van der Waals surface area contributed by atoms with E-state index in [2.05, 4.69) is 144 Å². The summed E-state index contributed by atoms with van der Waals surface area (Å²) >= 11 is 0. The summed E-state index contributed by atoms with van der Waals surface area (Å²) in [6, 6.07) is 43.1. The summed E-state index contributed by atoms with van der Waals surface area (Å²) in [4.78, 5) is 7.29. The van der Waals surface area contributed by atoms with Crippen molar-refractivity contribution in [3.05, 3.63) is 121 Å². The van der Waals surface area contributed by atoms with Gasteiger partial charge in [-0.3, -0.25) is 0 Å². The molecule has 0 radical (unpaired) electrons. The van der Waals surface area contributed by atoms with Crippen molar-refractivity contribution in [2.24, 2.45) is 0 Å². The monoisotopic (exact) mass is 545 g/mol. The summed E-state index contributed by atoms with van der Waals surface area (Å²) in [6.45, 7) is 0.154. The third-order valence-electron chi connectivity index (χ3n) is 9.60. The molecule has 5 aromatic carbocycles. The topological polar surface area (TPSA) is 9.72 Å². The molecule has 4 heteroatoms. The Bertz CT molecular complexity index is 1740. The predicted octanol–water partition coefficient (Wildman–Crippen LogP) is 7.88. The van der Waals surface area contributed by atoms with Gasteiger partial charge >= 0.3 is 0 Å². The summed E-state index contributed by atoms with van der Waals surface area (Å²) in [5.41, 5.74) is 14.5. The van der Waals surface area contributed by atoms with E-state index in [1.54, 1.807) is 0 Å². The van der Waals surface area contributed by atoms with Gasteiger partial charge in [0.1, 0.15) is 0 Å². The van der Waals surface area contributed by atoms with E-state index in [1.165, 1.54) is 93.9 Å². The van der Waals surface area contributed by atoms with Crippen molar-refractivity contribution >= 4 is 62.9 Å². The molecule has 3 aliphatic rings. The van der Waals surface area contributed by atoms with Gasteiger partial charge in [-0.1, -0.05) is 73.9 Å². The van der Waals surface area contributed by atoms with Crippen molar-refractivity contribution in [1.82, 2.24) is 0 Å². The number of anilines is 7. The standard InChI is InChI=1S/C38H36BN3/c1-40(2)31-22-23-35-33(26-31)39-32-20-12-13-21-34(32)41(29-16-8-4-9-17-29)36-24-28(27-14-6-3-7-15-27)25-37(38(36)39)42(35)30-18-10-5-11-19-30/h4-5,8-13,16-27H,3,6-7,14-15H2,1-2H3. The van der Waals surface area contributed by atoms with E-state index >= 15 is 0 Å². The van der Waals surface area contributed by atoms with Crippen LogP contribution in [0.5, 0.6) is 0 Å². The van der Waals surface area contributed by atoms with Gasteiger partial charge in [-0.05, 0) is 101 Å². The Morgan fingerprint density at radius 3 is 1.76 bits per heavy atom. The minimum atomic E-state index is 0.154. The summed E-state index contributed by atoms with van der Waals surface area (Å²) in [6.07, 6.45) is 6.56. The Morgan fingerprint density at radius 1 is 0.571 bits per heavy atom.